The van der Waals surface area contributed by atoms with E-state index in [1.54, 1.807) is 13.8 Å². The van der Waals surface area contributed by atoms with Crippen LogP contribution in [0.25, 0.3) is 0 Å². The molecule has 0 bridgehead atoms. The van der Waals surface area contributed by atoms with Crippen LogP contribution in [-0.2, 0) is 38.2 Å². The molecular weight excluding hydrogens is 396 g/mol. The van der Waals surface area contributed by atoms with E-state index < -0.39 is 59.2 Å². The first-order valence-corrected chi connectivity index (χ1v) is 10.3. The van der Waals surface area contributed by atoms with Gasteiger partial charge in [0, 0.05) is 12.8 Å². The van der Waals surface area contributed by atoms with E-state index in [0.717, 1.165) is 0 Å². The molecule has 30 heavy (non-hydrogen) atoms. The molecule has 0 aromatic carbocycles. The maximum absolute atomic E-state index is 13.4. The SMILES string of the molecule is CCOC(=O)C1CCCC(=O)NCC2(NC1=O)C(=O)CCCC(C(=O)OCC)C2=O. The average molecular weight is 424 g/mol. The molecule has 2 fully saturated rings. The van der Waals surface area contributed by atoms with Gasteiger partial charge < -0.3 is 20.1 Å². The van der Waals surface area contributed by atoms with Crippen LogP contribution in [0.1, 0.15) is 52.4 Å². The Labute approximate surface area is 174 Å². The van der Waals surface area contributed by atoms with E-state index in [4.69, 9.17) is 9.47 Å². The number of rotatable bonds is 4. The summed E-state index contributed by atoms with van der Waals surface area (Å²) in [5.41, 5.74) is -2.14. The highest BCUT2D eigenvalue weighted by Gasteiger charge is 2.53. The Hall–Kier alpha value is -2.78. The molecule has 1 saturated heterocycles. The topological polar surface area (TPSA) is 145 Å². The third-order valence-electron chi connectivity index (χ3n) is 5.35. The highest BCUT2D eigenvalue weighted by Crippen LogP contribution is 2.28. The van der Waals surface area contributed by atoms with Crippen LogP contribution >= 0.6 is 0 Å². The summed E-state index contributed by atoms with van der Waals surface area (Å²) in [4.78, 5) is 76.1. The molecular formula is C20H28N2O8. The zero-order chi connectivity index (χ0) is 22.3. The maximum atomic E-state index is 13.4. The lowest BCUT2D eigenvalue weighted by Crippen LogP contribution is -2.68. The van der Waals surface area contributed by atoms with Crippen molar-refractivity contribution in [2.75, 3.05) is 19.8 Å². The van der Waals surface area contributed by atoms with Crippen molar-refractivity contribution in [3.05, 3.63) is 0 Å². The fourth-order valence-electron chi connectivity index (χ4n) is 3.76. The van der Waals surface area contributed by atoms with Crippen molar-refractivity contribution in [3.8, 4) is 0 Å². The number of Topliss-reactive ketones (excluding diaryl/α,β-unsaturated/α-hetero) is 2. The Morgan fingerprint density at radius 3 is 2.13 bits per heavy atom. The van der Waals surface area contributed by atoms with E-state index in [1.165, 1.54) is 0 Å². The van der Waals surface area contributed by atoms with E-state index in [0.29, 0.717) is 0 Å². The molecule has 10 heteroatoms. The maximum Gasteiger partial charge on any atom is 0.318 e. The molecule has 2 rings (SSSR count). The smallest absolute Gasteiger partial charge is 0.318 e. The second-order valence-corrected chi connectivity index (χ2v) is 7.35. The Balaban J connectivity index is 2.46. The number of amides is 2. The monoisotopic (exact) mass is 424 g/mol. The summed E-state index contributed by atoms with van der Waals surface area (Å²) in [6.45, 7) is 2.80. The molecule has 0 aromatic rings. The summed E-state index contributed by atoms with van der Waals surface area (Å²) in [5.74, 6) is -6.80. The summed E-state index contributed by atoms with van der Waals surface area (Å²) in [6, 6.07) is 0. The fraction of sp³-hybridized carbons (Fsp3) is 0.700. The Bertz CT molecular complexity index is 734. The predicted molar refractivity (Wildman–Crippen MR) is 102 cm³/mol. The number of esters is 2. The largest absolute Gasteiger partial charge is 0.465 e. The van der Waals surface area contributed by atoms with Gasteiger partial charge in [0.05, 0.1) is 19.8 Å². The van der Waals surface area contributed by atoms with E-state index in [-0.39, 0.29) is 51.7 Å². The molecule has 1 heterocycles. The highest BCUT2D eigenvalue weighted by molar-refractivity contribution is 6.20. The predicted octanol–water partition coefficient (Wildman–Crippen LogP) is -0.178. The van der Waals surface area contributed by atoms with Gasteiger partial charge in [0.15, 0.2) is 17.1 Å². The van der Waals surface area contributed by atoms with Gasteiger partial charge in [0.2, 0.25) is 11.8 Å². The van der Waals surface area contributed by atoms with Crippen molar-refractivity contribution in [1.29, 1.82) is 0 Å². The van der Waals surface area contributed by atoms with Gasteiger partial charge in [-0.1, -0.05) is 0 Å². The lowest BCUT2D eigenvalue weighted by molar-refractivity contribution is -0.158. The van der Waals surface area contributed by atoms with E-state index in [2.05, 4.69) is 10.6 Å². The number of carbonyl (C=O) groups is 6. The van der Waals surface area contributed by atoms with Gasteiger partial charge in [-0.15, -0.1) is 0 Å². The number of nitrogens with one attached hydrogen (secondary N) is 2. The van der Waals surface area contributed by atoms with Gasteiger partial charge in [-0.2, -0.15) is 0 Å². The molecule has 166 valence electrons. The van der Waals surface area contributed by atoms with Gasteiger partial charge in [-0.25, -0.2) is 0 Å². The van der Waals surface area contributed by atoms with Crippen LogP contribution in [-0.4, -0.2) is 60.6 Å². The molecule has 1 aliphatic carbocycles. The minimum absolute atomic E-state index is 0.0168. The van der Waals surface area contributed by atoms with Gasteiger partial charge in [0.25, 0.3) is 0 Å². The third kappa shape index (κ3) is 5.03. The second-order valence-electron chi connectivity index (χ2n) is 7.35. The van der Waals surface area contributed by atoms with Crippen LogP contribution in [0.2, 0.25) is 0 Å². The molecule has 1 spiro atoms. The molecule has 1 aliphatic heterocycles. The van der Waals surface area contributed by atoms with Crippen LogP contribution in [0.3, 0.4) is 0 Å². The molecule has 3 atom stereocenters. The van der Waals surface area contributed by atoms with Crippen LogP contribution < -0.4 is 10.6 Å². The molecule has 0 aromatic heterocycles. The summed E-state index contributed by atoms with van der Waals surface area (Å²) in [6.07, 6.45) is 0.572. The highest BCUT2D eigenvalue weighted by atomic mass is 16.5. The van der Waals surface area contributed by atoms with Gasteiger partial charge in [0.1, 0.15) is 11.8 Å². The standard InChI is InChI=1S/C20H28N2O8/c1-3-29-18(27)12-7-5-9-14(23)20(16(12)25)11-21-15(24)10-6-8-13(17(26)22-20)19(28)30-4-2/h12-13H,3-11H2,1-2H3,(H,21,24)(H,22,26). The molecule has 3 unspecified atom stereocenters. The summed E-state index contributed by atoms with van der Waals surface area (Å²) in [7, 11) is 0. The van der Waals surface area contributed by atoms with Gasteiger partial charge >= 0.3 is 11.9 Å². The van der Waals surface area contributed by atoms with Crippen LogP contribution in [0.4, 0.5) is 0 Å². The van der Waals surface area contributed by atoms with Gasteiger partial charge in [-0.05, 0) is 39.5 Å². The normalized spacial score (nSPS) is 28.2. The third-order valence-corrected chi connectivity index (χ3v) is 5.35. The van der Waals surface area contributed by atoms with Gasteiger partial charge in [-0.3, -0.25) is 28.8 Å². The number of hydrogen-bond donors (Lipinski definition) is 2. The molecule has 10 nitrogen and oxygen atoms in total. The summed E-state index contributed by atoms with van der Waals surface area (Å²) in [5, 5.41) is 4.94. The summed E-state index contributed by atoms with van der Waals surface area (Å²) >= 11 is 0. The first-order valence-electron chi connectivity index (χ1n) is 10.3. The number of carbonyl (C=O) groups excluding carboxylic acids is 6. The van der Waals surface area contributed by atoms with Crippen molar-refractivity contribution in [3.63, 3.8) is 0 Å². The molecule has 2 N–H and O–H groups in total. The molecule has 0 radical (unpaired) electrons. The minimum atomic E-state index is -2.14. The second kappa shape index (κ2) is 10.3. The van der Waals surface area contributed by atoms with Crippen molar-refractivity contribution < 1.29 is 38.2 Å². The van der Waals surface area contributed by atoms with Crippen LogP contribution in [0.5, 0.6) is 0 Å². The number of ether oxygens (including phenoxy) is 2. The van der Waals surface area contributed by atoms with Crippen molar-refractivity contribution in [1.82, 2.24) is 10.6 Å². The van der Waals surface area contributed by atoms with Crippen LogP contribution in [0.15, 0.2) is 0 Å². The molecule has 1 saturated carbocycles. The first kappa shape index (κ1) is 23.5. The van der Waals surface area contributed by atoms with Crippen molar-refractivity contribution >= 4 is 35.3 Å². The van der Waals surface area contributed by atoms with E-state index in [9.17, 15) is 28.8 Å². The average Bonchev–Trinajstić information content (AvgIpc) is 2.81. The minimum Gasteiger partial charge on any atom is -0.465 e. The van der Waals surface area contributed by atoms with E-state index >= 15 is 0 Å². The Morgan fingerprint density at radius 2 is 1.50 bits per heavy atom. The lowest BCUT2D eigenvalue weighted by atomic mass is 9.81. The Morgan fingerprint density at radius 1 is 0.933 bits per heavy atom. The quantitative estimate of drug-likeness (QED) is 0.467. The fourth-order valence-corrected chi connectivity index (χ4v) is 3.76. The van der Waals surface area contributed by atoms with E-state index in [1.807, 2.05) is 0 Å². The Kier molecular flexibility index (Phi) is 8.08. The van der Waals surface area contributed by atoms with Crippen molar-refractivity contribution in [2.24, 2.45) is 11.8 Å². The number of ketones is 2. The zero-order valence-corrected chi connectivity index (χ0v) is 17.3. The van der Waals surface area contributed by atoms with Crippen molar-refractivity contribution in [2.45, 2.75) is 57.9 Å². The zero-order valence-electron chi connectivity index (χ0n) is 17.3. The lowest BCUT2D eigenvalue weighted by Gasteiger charge is -2.34. The molecule has 2 aliphatic rings. The number of hydrogen-bond acceptors (Lipinski definition) is 8. The van der Waals surface area contributed by atoms with Crippen LogP contribution in [0, 0.1) is 11.8 Å². The molecule has 2 amide bonds. The summed E-state index contributed by atoms with van der Waals surface area (Å²) < 4.78 is 9.92. The first-order chi connectivity index (χ1) is 14.3.